The maximum absolute atomic E-state index is 13.6. The van der Waals surface area contributed by atoms with Crippen molar-refractivity contribution in [2.75, 3.05) is 25.6 Å². The van der Waals surface area contributed by atoms with E-state index in [0.717, 1.165) is 5.56 Å². The predicted octanol–water partition coefficient (Wildman–Crippen LogP) is 1.66. The lowest BCUT2D eigenvalue weighted by molar-refractivity contribution is -0.119. The fourth-order valence-electron chi connectivity index (χ4n) is 3.29. The molecule has 1 aliphatic heterocycles. The van der Waals surface area contributed by atoms with E-state index < -0.39 is 11.9 Å². The van der Waals surface area contributed by atoms with Crippen molar-refractivity contribution in [2.45, 2.75) is 18.5 Å². The number of carbonyl (C=O) groups is 2. The minimum Gasteiger partial charge on any atom is -0.368 e. The number of amides is 2. The quantitative estimate of drug-likeness (QED) is 0.744. The number of likely N-dealkylation sites (N-methyl/N-ethyl adjacent to an activating group) is 1. The van der Waals surface area contributed by atoms with E-state index in [0.29, 0.717) is 5.69 Å². The lowest BCUT2D eigenvalue weighted by Crippen LogP contribution is -2.40. The largest absolute Gasteiger partial charge is 0.368 e. The topological polar surface area (TPSA) is 91.0 Å². The first-order valence-corrected chi connectivity index (χ1v) is 9.28. The summed E-state index contributed by atoms with van der Waals surface area (Å²) in [6, 6.07) is 14.4. The summed E-state index contributed by atoms with van der Waals surface area (Å²) in [5, 5.41) is 8.66. The van der Waals surface area contributed by atoms with Crippen molar-refractivity contribution < 1.29 is 14.0 Å². The standard InChI is InChI=1S/C21H24FN5O2/c1-26(2)19(14-7-6-8-15(22)11-14)13-24-21(29)17-12-18(20(23)28)27(25-17)16-9-4-3-5-10-16/h3-11,18-19H,12-13H2,1-2H3,(H2,23,28)(H,24,29). The zero-order valence-corrected chi connectivity index (χ0v) is 16.4. The molecular formula is C21H24FN5O2. The van der Waals surface area contributed by atoms with Crippen LogP contribution in [-0.2, 0) is 9.59 Å². The number of carbonyl (C=O) groups excluding carboxylic acids is 2. The molecule has 152 valence electrons. The summed E-state index contributed by atoms with van der Waals surface area (Å²) in [6.45, 7) is 0.265. The van der Waals surface area contributed by atoms with Crippen LogP contribution in [0.3, 0.4) is 0 Å². The van der Waals surface area contributed by atoms with Crippen molar-refractivity contribution in [1.29, 1.82) is 0 Å². The Morgan fingerprint density at radius 1 is 1.24 bits per heavy atom. The van der Waals surface area contributed by atoms with Crippen LogP contribution in [0, 0.1) is 5.82 Å². The van der Waals surface area contributed by atoms with Gasteiger partial charge in [-0.2, -0.15) is 5.10 Å². The maximum atomic E-state index is 13.6. The van der Waals surface area contributed by atoms with Gasteiger partial charge in [-0.15, -0.1) is 0 Å². The molecule has 0 spiro atoms. The van der Waals surface area contributed by atoms with Crippen LogP contribution in [0.15, 0.2) is 59.7 Å². The van der Waals surface area contributed by atoms with E-state index in [2.05, 4.69) is 10.4 Å². The van der Waals surface area contributed by atoms with Gasteiger partial charge in [-0.1, -0.05) is 30.3 Å². The number of primary amides is 1. The Morgan fingerprint density at radius 2 is 1.97 bits per heavy atom. The molecule has 7 nitrogen and oxygen atoms in total. The van der Waals surface area contributed by atoms with E-state index in [9.17, 15) is 14.0 Å². The summed E-state index contributed by atoms with van der Waals surface area (Å²) in [7, 11) is 3.71. The van der Waals surface area contributed by atoms with Crippen molar-refractivity contribution in [3.05, 3.63) is 66.0 Å². The average Bonchev–Trinajstić information content (AvgIpc) is 3.14. The van der Waals surface area contributed by atoms with Crippen molar-refractivity contribution in [3.63, 3.8) is 0 Å². The second-order valence-corrected chi connectivity index (χ2v) is 7.09. The first kappa shape index (κ1) is 20.5. The second kappa shape index (κ2) is 8.83. The summed E-state index contributed by atoms with van der Waals surface area (Å²) < 4.78 is 13.6. The fraction of sp³-hybridized carbons (Fsp3) is 0.286. The van der Waals surface area contributed by atoms with Crippen molar-refractivity contribution >= 4 is 23.2 Å². The van der Waals surface area contributed by atoms with Gasteiger partial charge >= 0.3 is 0 Å². The highest BCUT2D eigenvalue weighted by Gasteiger charge is 2.35. The molecule has 2 unspecified atom stereocenters. The molecule has 0 bridgehead atoms. The zero-order valence-electron chi connectivity index (χ0n) is 16.4. The molecule has 3 N–H and O–H groups in total. The average molecular weight is 397 g/mol. The van der Waals surface area contributed by atoms with Crippen molar-refractivity contribution in [3.8, 4) is 0 Å². The molecule has 0 aromatic heterocycles. The molecule has 1 aliphatic rings. The number of nitrogens with one attached hydrogen (secondary N) is 1. The number of nitrogens with two attached hydrogens (primary N) is 1. The van der Waals surface area contributed by atoms with E-state index in [1.54, 1.807) is 18.2 Å². The van der Waals surface area contributed by atoms with Gasteiger partial charge in [-0.3, -0.25) is 14.6 Å². The molecule has 2 atom stereocenters. The molecule has 2 amide bonds. The van der Waals surface area contributed by atoms with E-state index in [1.807, 2.05) is 43.3 Å². The van der Waals surface area contributed by atoms with E-state index in [4.69, 9.17) is 5.73 Å². The third-order valence-electron chi connectivity index (χ3n) is 4.83. The normalized spacial score (nSPS) is 17.2. The lowest BCUT2D eigenvalue weighted by Gasteiger charge is -2.25. The molecule has 0 fully saturated rings. The second-order valence-electron chi connectivity index (χ2n) is 7.09. The number of para-hydroxylation sites is 1. The molecule has 0 radical (unpaired) electrons. The number of benzene rings is 2. The molecule has 29 heavy (non-hydrogen) atoms. The Hall–Kier alpha value is -3.26. The summed E-state index contributed by atoms with van der Waals surface area (Å²) >= 11 is 0. The van der Waals surface area contributed by atoms with Crippen LogP contribution in [0.25, 0.3) is 0 Å². The molecule has 2 aromatic carbocycles. The van der Waals surface area contributed by atoms with Crippen LogP contribution in [-0.4, -0.2) is 49.1 Å². The minimum atomic E-state index is -0.717. The van der Waals surface area contributed by atoms with Crippen molar-refractivity contribution in [1.82, 2.24) is 10.2 Å². The molecule has 0 aliphatic carbocycles. The molecule has 1 heterocycles. The third kappa shape index (κ3) is 4.78. The van der Waals surface area contributed by atoms with Gasteiger partial charge in [-0.25, -0.2) is 4.39 Å². The zero-order chi connectivity index (χ0) is 21.0. The lowest BCUT2D eigenvalue weighted by atomic mass is 10.1. The minimum absolute atomic E-state index is 0.128. The summed E-state index contributed by atoms with van der Waals surface area (Å²) in [5.41, 5.74) is 7.18. The van der Waals surface area contributed by atoms with Gasteiger partial charge in [0.25, 0.3) is 5.91 Å². The van der Waals surface area contributed by atoms with E-state index >= 15 is 0 Å². The smallest absolute Gasteiger partial charge is 0.267 e. The Kier molecular flexibility index (Phi) is 6.23. The summed E-state index contributed by atoms with van der Waals surface area (Å²) in [5.74, 6) is -1.26. The Balaban J connectivity index is 1.73. The predicted molar refractivity (Wildman–Crippen MR) is 110 cm³/mol. The number of hydrogen-bond donors (Lipinski definition) is 2. The van der Waals surface area contributed by atoms with Gasteiger partial charge in [0.1, 0.15) is 17.6 Å². The fourth-order valence-corrected chi connectivity index (χ4v) is 3.29. The molecule has 8 heteroatoms. The number of hydrogen-bond acceptors (Lipinski definition) is 5. The van der Waals surface area contributed by atoms with Crippen LogP contribution in [0.2, 0.25) is 0 Å². The number of hydrazone groups is 1. The third-order valence-corrected chi connectivity index (χ3v) is 4.83. The number of rotatable bonds is 7. The first-order valence-electron chi connectivity index (χ1n) is 9.28. The highest BCUT2D eigenvalue weighted by atomic mass is 19.1. The van der Waals surface area contributed by atoms with Crippen LogP contribution in [0.4, 0.5) is 10.1 Å². The van der Waals surface area contributed by atoms with Crippen molar-refractivity contribution in [2.24, 2.45) is 10.8 Å². The van der Waals surface area contributed by atoms with Crippen LogP contribution >= 0.6 is 0 Å². The monoisotopic (exact) mass is 397 g/mol. The molecule has 3 rings (SSSR count). The SMILES string of the molecule is CN(C)C(CNC(=O)C1=NN(c2ccccc2)C(C(N)=O)C1)c1cccc(F)c1. The van der Waals surface area contributed by atoms with Crippen LogP contribution < -0.4 is 16.1 Å². The Morgan fingerprint density at radius 3 is 2.59 bits per heavy atom. The summed E-state index contributed by atoms with van der Waals surface area (Å²) in [4.78, 5) is 26.5. The van der Waals surface area contributed by atoms with Gasteiger partial charge in [-0.05, 0) is 43.9 Å². The number of nitrogens with zero attached hydrogens (tertiary/aromatic N) is 3. The molecule has 2 aromatic rings. The number of halogens is 1. The van der Waals surface area contributed by atoms with Crippen LogP contribution in [0.5, 0.6) is 0 Å². The molecule has 0 saturated carbocycles. The first-order chi connectivity index (χ1) is 13.9. The van der Waals surface area contributed by atoms with Gasteiger partial charge in [0.2, 0.25) is 5.91 Å². The summed E-state index contributed by atoms with van der Waals surface area (Å²) in [6.07, 6.45) is 0.128. The Bertz CT molecular complexity index is 916. The van der Waals surface area contributed by atoms with E-state index in [-0.39, 0.29) is 36.4 Å². The van der Waals surface area contributed by atoms with Gasteiger partial charge in [0.05, 0.1) is 11.7 Å². The highest BCUT2D eigenvalue weighted by Crippen LogP contribution is 2.24. The van der Waals surface area contributed by atoms with Crippen LogP contribution in [0.1, 0.15) is 18.0 Å². The van der Waals surface area contributed by atoms with E-state index in [1.165, 1.54) is 17.1 Å². The van der Waals surface area contributed by atoms with Gasteiger partial charge < -0.3 is 16.0 Å². The maximum Gasteiger partial charge on any atom is 0.267 e. The van der Waals surface area contributed by atoms with Gasteiger partial charge in [0.15, 0.2) is 0 Å². The number of anilines is 1. The Labute approximate surface area is 169 Å². The molecule has 0 saturated heterocycles. The van der Waals surface area contributed by atoms with Gasteiger partial charge in [0, 0.05) is 13.0 Å². The molecular weight excluding hydrogens is 373 g/mol. The highest BCUT2D eigenvalue weighted by molar-refractivity contribution is 6.40.